The smallest absolute Gasteiger partial charge is 0.178 e. The van der Waals surface area contributed by atoms with E-state index in [1.807, 2.05) is 16.6 Å². The summed E-state index contributed by atoms with van der Waals surface area (Å²) in [5.41, 5.74) is 0.710. The molecule has 2 rings (SSSR count). The highest BCUT2D eigenvalue weighted by Gasteiger charge is 2.22. The summed E-state index contributed by atoms with van der Waals surface area (Å²) in [4.78, 5) is 0. The topological polar surface area (TPSA) is 55.1 Å². The molecule has 0 saturated heterocycles. The molecule has 0 aliphatic rings. The van der Waals surface area contributed by atoms with Crippen LogP contribution in [0.5, 0.6) is 0 Å². The lowest BCUT2D eigenvalue weighted by Gasteiger charge is -2.19. The van der Waals surface area contributed by atoms with Crippen LogP contribution >= 0.6 is 0 Å². The summed E-state index contributed by atoms with van der Waals surface area (Å²) in [5, 5.41) is 16.4. The molecule has 0 spiro atoms. The zero-order chi connectivity index (χ0) is 14.2. The fraction of sp³-hybridized carbons (Fsp3) is 0.643. The Kier molecular flexibility index (Phi) is 3.47. The molecule has 2 aromatic heterocycles. The Morgan fingerprint density at radius 2 is 1.79 bits per heavy atom. The van der Waals surface area contributed by atoms with Gasteiger partial charge in [0.15, 0.2) is 11.5 Å². The lowest BCUT2D eigenvalue weighted by atomic mass is 9.96. The summed E-state index contributed by atoms with van der Waals surface area (Å²) in [7, 11) is 0. The van der Waals surface area contributed by atoms with Crippen LogP contribution in [0.4, 0.5) is 5.82 Å². The molecule has 0 aromatic carbocycles. The van der Waals surface area contributed by atoms with Gasteiger partial charge in [0, 0.05) is 11.5 Å². The van der Waals surface area contributed by atoms with Crippen LogP contribution in [0.15, 0.2) is 12.1 Å². The Hall–Kier alpha value is -1.65. The normalized spacial score (nSPS) is 14.1. The van der Waals surface area contributed by atoms with Gasteiger partial charge in [0.1, 0.15) is 5.82 Å². The Labute approximate surface area is 114 Å². The monoisotopic (exact) mass is 261 g/mol. The molecular formula is C14H23N5. The minimum absolute atomic E-state index is 0.0747. The van der Waals surface area contributed by atoms with E-state index in [2.05, 4.69) is 62.2 Å². The second kappa shape index (κ2) is 4.79. The Morgan fingerprint density at radius 3 is 2.37 bits per heavy atom. The van der Waals surface area contributed by atoms with E-state index in [4.69, 9.17) is 0 Å². The molecule has 104 valence electrons. The molecule has 1 N–H and O–H groups in total. The molecular weight excluding hydrogens is 238 g/mol. The zero-order valence-electron chi connectivity index (χ0n) is 12.6. The molecule has 0 amide bonds. The van der Waals surface area contributed by atoms with Crippen LogP contribution in [-0.4, -0.2) is 25.9 Å². The fourth-order valence-corrected chi connectivity index (χ4v) is 1.73. The van der Waals surface area contributed by atoms with Crippen molar-refractivity contribution in [3.63, 3.8) is 0 Å². The van der Waals surface area contributed by atoms with Gasteiger partial charge in [-0.25, -0.2) is 0 Å². The first-order valence-corrected chi connectivity index (χ1v) is 6.78. The summed E-state index contributed by atoms with van der Waals surface area (Å²) < 4.78 is 1.83. The number of hydrogen-bond acceptors (Lipinski definition) is 4. The van der Waals surface area contributed by atoms with E-state index in [0.29, 0.717) is 12.0 Å². The highest BCUT2D eigenvalue weighted by Crippen LogP contribution is 2.21. The summed E-state index contributed by atoms with van der Waals surface area (Å²) in [6.45, 7) is 12.9. The Balaban J connectivity index is 2.39. The fourth-order valence-electron chi connectivity index (χ4n) is 1.73. The molecule has 1 unspecified atom stereocenters. The van der Waals surface area contributed by atoms with Crippen LogP contribution in [0.1, 0.15) is 47.4 Å². The molecule has 19 heavy (non-hydrogen) atoms. The third-order valence-corrected chi connectivity index (χ3v) is 3.31. The van der Waals surface area contributed by atoms with Gasteiger partial charge in [0.2, 0.25) is 0 Å². The SMILES string of the molecule is CC(C)C(C)Nc1ccc2nnc(C(C)(C)C)n2n1. The van der Waals surface area contributed by atoms with Gasteiger partial charge in [0.25, 0.3) is 0 Å². The summed E-state index contributed by atoms with van der Waals surface area (Å²) in [5.74, 6) is 2.29. The maximum absolute atomic E-state index is 4.60. The average molecular weight is 261 g/mol. The van der Waals surface area contributed by atoms with Crippen LogP contribution < -0.4 is 5.32 Å². The third kappa shape index (κ3) is 2.85. The molecule has 2 aromatic rings. The number of hydrogen-bond donors (Lipinski definition) is 1. The summed E-state index contributed by atoms with van der Waals surface area (Å²) >= 11 is 0. The number of fused-ring (bicyclic) bond motifs is 1. The average Bonchev–Trinajstić information content (AvgIpc) is 2.71. The van der Waals surface area contributed by atoms with E-state index >= 15 is 0 Å². The van der Waals surface area contributed by atoms with Crippen molar-refractivity contribution in [2.24, 2.45) is 5.92 Å². The van der Waals surface area contributed by atoms with Gasteiger partial charge >= 0.3 is 0 Å². The number of anilines is 1. The minimum atomic E-state index is -0.0747. The van der Waals surface area contributed by atoms with E-state index < -0.39 is 0 Å². The summed E-state index contributed by atoms with van der Waals surface area (Å²) in [6.07, 6.45) is 0. The van der Waals surface area contributed by atoms with Crippen LogP contribution in [-0.2, 0) is 5.41 Å². The van der Waals surface area contributed by atoms with E-state index in [-0.39, 0.29) is 5.41 Å². The maximum atomic E-state index is 4.60. The largest absolute Gasteiger partial charge is 0.366 e. The highest BCUT2D eigenvalue weighted by atomic mass is 15.4. The van der Waals surface area contributed by atoms with Crippen molar-refractivity contribution in [2.45, 2.75) is 53.0 Å². The molecule has 0 bridgehead atoms. The quantitative estimate of drug-likeness (QED) is 0.923. The van der Waals surface area contributed by atoms with Crippen molar-refractivity contribution in [1.82, 2.24) is 19.8 Å². The van der Waals surface area contributed by atoms with Gasteiger partial charge in [-0.2, -0.15) is 4.52 Å². The van der Waals surface area contributed by atoms with E-state index in [0.717, 1.165) is 17.3 Å². The van der Waals surface area contributed by atoms with Crippen LogP contribution in [0.3, 0.4) is 0 Å². The molecule has 5 nitrogen and oxygen atoms in total. The maximum Gasteiger partial charge on any atom is 0.178 e. The van der Waals surface area contributed by atoms with E-state index in [1.165, 1.54) is 0 Å². The predicted octanol–water partition coefficient (Wildman–Crippen LogP) is 2.88. The van der Waals surface area contributed by atoms with Gasteiger partial charge in [-0.1, -0.05) is 34.6 Å². The van der Waals surface area contributed by atoms with Crippen molar-refractivity contribution in [3.8, 4) is 0 Å². The van der Waals surface area contributed by atoms with E-state index in [1.54, 1.807) is 0 Å². The van der Waals surface area contributed by atoms with Crippen molar-refractivity contribution < 1.29 is 0 Å². The van der Waals surface area contributed by atoms with Gasteiger partial charge in [-0.3, -0.25) is 0 Å². The molecule has 0 aliphatic carbocycles. The predicted molar refractivity (Wildman–Crippen MR) is 77.4 cm³/mol. The van der Waals surface area contributed by atoms with Crippen LogP contribution in [0.25, 0.3) is 5.65 Å². The molecule has 0 saturated carbocycles. The lowest BCUT2D eigenvalue weighted by molar-refractivity contribution is 0.525. The van der Waals surface area contributed by atoms with Crippen LogP contribution in [0, 0.1) is 5.92 Å². The second-order valence-electron chi connectivity index (χ2n) is 6.44. The van der Waals surface area contributed by atoms with Gasteiger partial charge in [-0.05, 0) is 25.0 Å². The molecule has 0 fully saturated rings. The first-order valence-electron chi connectivity index (χ1n) is 6.78. The van der Waals surface area contributed by atoms with E-state index in [9.17, 15) is 0 Å². The third-order valence-electron chi connectivity index (χ3n) is 3.31. The number of nitrogens with one attached hydrogen (secondary N) is 1. The number of aromatic nitrogens is 4. The van der Waals surface area contributed by atoms with Crippen molar-refractivity contribution in [2.75, 3.05) is 5.32 Å². The van der Waals surface area contributed by atoms with Gasteiger partial charge < -0.3 is 5.32 Å². The highest BCUT2D eigenvalue weighted by molar-refractivity contribution is 5.44. The standard InChI is InChI=1S/C14H23N5/c1-9(2)10(3)15-11-7-8-12-16-17-13(14(4,5)6)19(12)18-11/h7-10H,1-6H3,(H,15,18). The number of nitrogens with zero attached hydrogens (tertiary/aromatic N) is 4. The minimum Gasteiger partial charge on any atom is -0.366 e. The zero-order valence-corrected chi connectivity index (χ0v) is 12.6. The molecule has 2 heterocycles. The van der Waals surface area contributed by atoms with Crippen molar-refractivity contribution >= 4 is 11.5 Å². The first-order chi connectivity index (χ1) is 8.79. The van der Waals surface area contributed by atoms with Gasteiger partial charge in [-0.15, -0.1) is 15.3 Å². The van der Waals surface area contributed by atoms with Gasteiger partial charge in [0.05, 0.1) is 0 Å². The first kappa shape index (κ1) is 13.8. The number of rotatable bonds is 3. The Morgan fingerprint density at radius 1 is 1.11 bits per heavy atom. The van der Waals surface area contributed by atoms with Crippen molar-refractivity contribution in [3.05, 3.63) is 18.0 Å². The van der Waals surface area contributed by atoms with Crippen LogP contribution in [0.2, 0.25) is 0 Å². The molecule has 0 aliphatic heterocycles. The molecule has 0 radical (unpaired) electrons. The summed E-state index contributed by atoms with van der Waals surface area (Å²) in [6, 6.07) is 4.28. The van der Waals surface area contributed by atoms with Crippen molar-refractivity contribution in [1.29, 1.82) is 0 Å². The molecule has 1 atom stereocenters. The molecule has 5 heteroatoms. The second-order valence-corrected chi connectivity index (χ2v) is 6.44. The Bertz CT molecular complexity index is 565. The lowest BCUT2D eigenvalue weighted by Crippen LogP contribution is -2.23.